The summed E-state index contributed by atoms with van der Waals surface area (Å²) in [6, 6.07) is 0.214. The molecule has 1 aliphatic heterocycles. The van der Waals surface area contributed by atoms with Gasteiger partial charge in [-0.1, -0.05) is 0 Å². The van der Waals surface area contributed by atoms with Gasteiger partial charge in [-0.15, -0.1) is 0 Å². The average Bonchev–Trinajstić information content (AvgIpc) is 2.18. The lowest BCUT2D eigenvalue weighted by molar-refractivity contribution is -0.133. The molecule has 0 spiro atoms. The largest absolute Gasteiger partial charge is 0.351 e. The van der Waals surface area contributed by atoms with E-state index in [-0.39, 0.29) is 24.4 Å². The van der Waals surface area contributed by atoms with E-state index >= 15 is 0 Å². The first-order valence-electron chi connectivity index (χ1n) is 5.31. The van der Waals surface area contributed by atoms with Gasteiger partial charge in [-0.2, -0.15) is 0 Å². The third-order valence-electron chi connectivity index (χ3n) is 2.58. The molecule has 0 aromatic heterocycles. The Morgan fingerprint density at radius 3 is 2.80 bits per heavy atom. The van der Waals surface area contributed by atoms with E-state index in [4.69, 9.17) is 0 Å². The molecule has 1 heterocycles. The molecule has 0 unspecified atom stereocenters. The van der Waals surface area contributed by atoms with E-state index in [0.29, 0.717) is 0 Å². The average molecular weight is 213 g/mol. The molecule has 2 N–H and O–H groups in total. The fraction of sp³-hybridized carbons (Fsp3) is 0.800. The second-order valence-electron chi connectivity index (χ2n) is 3.99. The van der Waals surface area contributed by atoms with E-state index in [1.807, 2.05) is 0 Å². The van der Waals surface area contributed by atoms with Crippen LogP contribution in [0, 0.1) is 0 Å². The van der Waals surface area contributed by atoms with Crippen LogP contribution in [0.15, 0.2) is 0 Å². The summed E-state index contributed by atoms with van der Waals surface area (Å²) in [6.45, 7) is 3.45. The summed E-state index contributed by atoms with van der Waals surface area (Å²) in [4.78, 5) is 23.8. The van der Waals surface area contributed by atoms with Crippen LogP contribution in [0.3, 0.4) is 0 Å². The minimum Gasteiger partial charge on any atom is -0.351 e. The van der Waals surface area contributed by atoms with E-state index in [0.717, 1.165) is 25.9 Å². The number of carbonyl (C=O) groups is 2. The molecule has 0 aromatic carbocycles. The van der Waals surface area contributed by atoms with Crippen molar-refractivity contribution in [2.75, 3.05) is 26.7 Å². The molecule has 1 fully saturated rings. The van der Waals surface area contributed by atoms with Gasteiger partial charge < -0.3 is 15.5 Å². The van der Waals surface area contributed by atoms with Crippen molar-refractivity contribution in [3.63, 3.8) is 0 Å². The van der Waals surface area contributed by atoms with Crippen molar-refractivity contribution in [1.29, 1.82) is 0 Å². The number of hydrogen-bond acceptors (Lipinski definition) is 3. The summed E-state index contributed by atoms with van der Waals surface area (Å²) in [6.07, 6.45) is 2.11. The van der Waals surface area contributed by atoms with E-state index in [9.17, 15) is 9.59 Å². The normalized spacial score (nSPS) is 20.8. The molecule has 1 aliphatic rings. The molecular weight excluding hydrogens is 194 g/mol. The van der Waals surface area contributed by atoms with Crippen LogP contribution in [-0.2, 0) is 9.59 Å². The first-order chi connectivity index (χ1) is 7.09. The van der Waals surface area contributed by atoms with Crippen LogP contribution in [0.1, 0.15) is 19.8 Å². The molecule has 1 atom stereocenters. The van der Waals surface area contributed by atoms with Gasteiger partial charge in [0.05, 0.1) is 6.54 Å². The first-order valence-corrected chi connectivity index (χ1v) is 5.31. The van der Waals surface area contributed by atoms with Crippen molar-refractivity contribution in [1.82, 2.24) is 15.5 Å². The Kier molecular flexibility index (Phi) is 4.55. The quantitative estimate of drug-likeness (QED) is 0.654. The summed E-state index contributed by atoms with van der Waals surface area (Å²) in [5, 5.41) is 6.13. The summed E-state index contributed by atoms with van der Waals surface area (Å²) in [5.74, 6) is -0.173. The molecule has 15 heavy (non-hydrogen) atoms. The second-order valence-corrected chi connectivity index (χ2v) is 3.99. The zero-order valence-electron chi connectivity index (χ0n) is 9.38. The monoisotopic (exact) mass is 213 g/mol. The maximum Gasteiger partial charge on any atom is 0.239 e. The van der Waals surface area contributed by atoms with Crippen LogP contribution >= 0.6 is 0 Å². The molecule has 0 saturated carbocycles. The first kappa shape index (κ1) is 12.0. The Morgan fingerprint density at radius 2 is 2.27 bits per heavy atom. The molecule has 0 bridgehead atoms. The van der Waals surface area contributed by atoms with Crippen LogP contribution in [0.25, 0.3) is 0 Å². The van der Waals surface area contributed by atoms with Crippen molar-refractivity contribution in [3.05, 3.63) is 0 Å². The molecule has 86 valence electrons. The van der Waals surface area contributed by atoms with Crippen molar-refractivity contribution in [3.8, 4) is 0 Å². The van der Waals surface area contributed by atoms with E-state index < -0.39 is 0 Å². The van der Waals surface area contributed by atoms with Crippen molar-refractivity contribution >= 4 is 11.8 Å². The number of nitrogens with one attached hydrogen (secondary N) is 2. The van der Waals surface area contributed by atoms with Crippen molar-refractivity contribution in [2.45, 2.75) is 25.8 Å². The number of rotatable bonds is 3. The fourth-order valence-electron chi connectivity index (χ4n) is 1.58. The third-order valence-corrected chi connectivity index (χ3v) is 2.58. The lowest BCUT2D eigenvalue weighted by atomic mass is 10.1. The number of piperidine rings is 1. The van der Waals surface area contributed by atoms with Crippen LogP contribution in [-0.4, -0.2) is 49.4 Å². The summed E-state index contributed by atoms with van der Waals surface area (Å²) in [7, 11) is 1.63. The standard InChI is InChI=1S/C10H19N3O2/c1-8(14)13(2)7-10(15)12-9-4-3-5-11-6-9/h9,11H,3-7H2,1-2H3,(H,12,15)/t9-/m0/s1. The van der Waals surface area contributed by atoms with Gasteiger partial charge in [0.1, 0.15) is 0 Å². The Hall–Kier alpha value is -1.10. The molecule has 0 aliphatic carbocycles. The molecule has 0 radical (unpaired) electrons. The highest BCUT2D eigenvalue weighted by molar-refractivity contribution is 5.83. The molecular formula is C10H19N3O2. The Balaban J connectivity index is 2.25. The van der Waals surface area contributed by atoms with Gasteiger partial charge >= 0.3 is 0 Å². The lowest BCUT2D eigenvalue weighted by Gasteiger charge is -2.24. The maximum absolute atomic E-state index is 11.5. The van der Waals surface area contributed by atoms with Gasteiger partial charge in [0.25, 0.3) is 0 Å². The zero-order valence-corrected chi connectivity index (χ0v) is 9.38. The number of hydrogen-bond donors (Lipinski definition) is 2. The summed E-state index contributed by atoms with van der Waals surface area (Å²) >= 11 is 0. The van der Waals surface area contributed by atoms with Gasteiger partial charge in [-0.25, -0.2) is 0 Å². The highest BCUT2D eigenvalue weighted by Gasteiger charge is 2.16. The fourth-order valence-corrected chi connectivity index (χ4v) is 1.58. The van der Waals surface area contributed by atoms with E-state index in [1.54, 1.807) is 7.05 Å². The van der Waals surface area contributed by atoms with Crippen molar-refractivity contribution < 1.29 is 9.59 Å². The number of likely N-dealkylation sites (N-methyl/N-ethyl adjacent to an activating group) is 1. The third kappa shape index (κ3) is 4.29. The molecule has 1 rings (SSSR count). The molecule has 0 aromatic rings. The number of nitrogens with zero attached hydrogens (tertiary/aromatic N) is 1. The van der Waals surface area contributed by atoms with Crippen LogP contribution in [0.5, 0.6) is 0 Å². The SMILES string of the molecule is CC(=O)N(C)CC(=O)N[C@H]1CCCNC1. The van der Waals surface area contributed by atoms with Crippen LogP contribution in [0.4, 0.5) is 0 Å². The predicted molar refractivity (Wildman–Crippen MR) is 57.3 cm³/mol. The van der Waals surface area contributed by atoms with Gasteiger partial charge in [0.15, 0.2) is 0 Å². The second kappa shape index (κ2) is 5.70. The lowest BCUT2D eigenvalue weighted by Crippen LogP contribution is -2.48. The highest BCUT2D eigenvalue weighted by atomic mass is 16.2. The number of amides is 2. The van der Waals surface area contributed by atoms with E-state index in [2.05, 4.69) is 10.6 Å². The highest BCUT2D eigenvalue weighted by Crippen LogP contribution is 2.00. The van der Waals surface area contributed by atoms with Gasteiger partial charge in [-0.3, -0.25) is 9.59 Å². The van der Waals surface area contributed by atoms with Gasteiger partial charge in [0, 0.05) is 26.6 Å². The maximum atomic E-state index is 11.5. The Labute approximate surface area is 90.2 Å². The zero-order chi connectivity index (χ0) is 11.3. The topological polar surface area (TPSA) is 61.4 Å². The molecule has 5 heteroatoms. The smallest absolute Gasteiger partial charge is 0.239 e. The minimum absolute atomic E-state index is 0.0820. The molecule has 2 amide bonds. The van der Waals surface area contributed by atoms with Crippen molar-refractivity contribution in [2.24, 2.45) is 0 Å². The minimum atomic E-state index is -0.0908. The Morgan fingerprint density at radius 1 is 1.53 bits per heavy atom. The van der Waals surface area contributed by atoms with Crippen LogP contribution < -0.4 is 10.6 Å². The molecule has 1 saturated heterocycles. The molecule has 5 nitrogen and oxygen atoms in total. The Bertz CT molecular complexity index is 237. The summed E-state index contributed by atoms with van der Waals surface area (Å²) < 4.78 is 0. The summed E-state index contributed by atoms with van der Waals surface area (Å²) in [5.41, 5.74) is 0. The van der Waals surface area contributed by atoms with Gasteiger partial charge in [-0.05, 0) is 19.4 Å². The van der Waals surface area contributed by atoms with Crippen LogP contribution in [0.2, 0.25) is 0 Å². The van der Waals surface area contributed by atoms with Gasteiger partial charge in [0.2, 0.25) is 11.8 Å². The number of carbonyl (C=O) groups excluding carboxylic acids is 2. The predicted octanol–water partition coefficient (Wildman–Crippen LogP) is -0.667. The van der Waals surface area contributed by atoms with E-state index in [1.165, 1.54) is 11.8 Å².